The SMILES string of the molecule is CC1(c2cccc(Cl)c2)NOC(N)=C1C#N. The summed E-state index contributed by atoms with van der Waals surface area (Å²) in [6.07, 6.45) is 0. The smallest absolute Gasteiger partial charge is 0.225 e. The third-order valence-corrected chi connectivity index (χ3v) is 2.86. The highest BCUT2D eigenvalue weighted by atomic mass is 35.5. The molecule has 82 valence electrons. The predicted octanol–water partition coefficient (Wildman–Crippen LogP) is 1.78. The van der Waals surface area contributed by atoms with Gasteiger partial charge in [0, 0.05) is 5.02 Å². The molecule has 16 heavy (non-hydrogen) atoms. The molecule has 1 heterocycles. The van der Waals surface area contributed by atoms with Crippen LogP contribution in [-0.2, 0) is 10.4 Å². The van der Waals surface area contributed by atoms with Gasteiger partial charge in [0.25, 0.3) is 0 Å². The third-order valence-electron chi connectivity index (χ3n) is 2.63. The van der Waals surface area contributed by atoms with Gasteiger partial charge in [-0.15, -0.1) is 5.48 Å². The minimum absolute atomic E-state index is 0.102. The molecule has 2 rings (SSSR count). The summed E-state index contributed by atoms with van der Waals surface area (Å²) in [6, 6.07) is 9.26. The molecule has 0 amide bonds. The van der Waals surface area contributed by atoms with Gasteiger partial charge in [-0.05, 0) is 24.6 Å². The van der Waals surface area contributed by atoms with Crippen LogP contribution in [0.3, 0.4) is 0 Å². The monoisotopic (exact) mass is 235 g/mol. The Labute approximate surface area is 98.2 Å². The number of nitrogens with one attached hydrogen (secondary N) is 1. The van der Waals surface area contributed by atoms with Crippen LogP contribution in [0.25, 0.3) is 0 Å². The molecule has 1 atom stereocenters. The highest BCUT2D eigenvalue weighted by Crippen LogP contribution is 2.35. The maximum absolute atomic E-state index is 9.06. The summed E-state index contributed by atoms with van der Waals surface area (Å²) in [7, 11) is 0. The molecule has 4 nitrogen and oxygen atoms in total. The number of benzene rings is 1. The molecule has 1 aromatic rings. The summed E-state index contributed by atoms with van der Waals surface area (Å²) in [6.45, 7) is 1.82. The maximum Gasteiger partial charge on any atom is 0.225 e. The van der Waals surface area contributed by atoms with Gasteiger partial charge in [-0.1, -0.05) is 23.7 Å². The van der Waals surface area contributed by atoms with E-state index in [1.807, 2.05) is 25.1 Å². The van der Waals surface area contributed by atoms with Crippen molar-refractivity contribution in [3.8, 4) is 6.07 Å². The van der Waals surface area contributed by atoms with Gasteiger partial charge in [0.1, 0.15) is 17.2 Å². The number of hydrogen-bond donors (Lipinski definition) is 2. The first-order chi connectivity index (χ1) is 7.58. The molecule has 0 aliphatic carbocycles. The lowest BCUT2D eigenvalue weighted by atomic mass is 9.86. The van der Waals surface area contributed by atoms with E-state index in [-0.39, 0.29) is 5.88 Å². The first-order valence-electron chi connectivity index (χ1n) is 4.68. The van der Waals surface area contributed by atoms with Gasteiger partial charge in [-0.2, -0.15) is 5.26 Å². The average molecular weight is 236 g/mol. The predicted molar refractivity (Wildman–Crippen MR) is 59.9 cm³/mol. The van der Waals surface area contributed by atoms with Crippen LogP contribution in [0.5, 0.6) is 0 Å². The molecule has 0 saturated heterocycles. The van der Waals surface area contributed by atoms with Gasteiger partial charge in [-0.3, -0.25) is 0 Å². The van der Waals surface area contributed by atoms with Gasteiger partial charge < -0.3 is 10.6 Å². The standard InChI is InChI=1S/C11H10ClN3O/c1-11(7-3-2-4-8(12)5-7)9(6-13)10(14)16-15-11/h2-5,15H,14H2,1H3. The molecule has 3 N–H and O–H groups in total. The summed E-state index contributed by atoms with van der Waals surface area (Å²) >= 11 is 5.91. The molecule has 0 spiro atoms. The van der Waals surface area contributed by atoms with Crippen molar-refractivity contribution < 1.29 is 4.84 Å². The Morgan fingerprint density at radius 1 is 1.56 bits per heavy atom. The van der Waals surface area contributed by atoms with Crippen LogP contribution in [0.15, 0.2) is 35.7 Å². The van der Waals surface area contributed by atoms with E-state index in [1.165, 1.54) is 0 Å². The van der Waals surface area contributed by atoms with E-state index in [4.69, 9.17) is 27.4 Å². The Bertz CT molecular complexity index is 506. The third kappa shape index (κ3) is 1.51. The normalized spacial score (nSPS) is 24.1. The quantitative estimate of drug-likeness (QED) is 0.779. The van der Waals surface area contributed by atoms with Crippen molar-refractivity contribution >= 4 is 11.6 Å². The van der Waals surface area contributed by atoms with Crippen LogP contribution in [0.1, 0.15) is 12.5 Å². The van der Waals surface area contributed by atoms with Crippen LogP contribution in [0, 0.1) is 11.3 Å². The zero-order chi connectivity index (χ0) is 11.8. The maximum atomic E-state index is 9.06. The average Bonchev–Trinajstić information content (AvgIpc) is 2.56. The van der Waals surface area contributed by atoms with Crippen molar-refractivity contribution in [2.75, 3.05) is 0 Å². The number of nitrogens with two attached hydrogens (primary N) is 1. The highest BCUT2D eigenvalue weighted by molar-refractivity contribution is 6.30. The number of nitriles is 1. The van der Waals surface area contributed by atoms with Crippen molar-refractivity contribution in [2.45, 2.75) is 12.5 Å². The molecule has 1 aliphatic heterocycles. The summed E-state index contributed by atoms with van der Waals surface area (Å²) in [5.74, 6) is 0.102. The Balaban J connectivity index is 2.53. The van der Waals surface area contributed by atoms with E-state index in [2.05, 4.69) is 5.48 Å². The Morgan fingerprint density at radius 3 is 2.94 bits per heavy atom. The highest BCUT2D eigenvalue weighted by Gasteiger charge is 2.40. The topological polar surface area (TPSA) is 71.1 Å². The fraction of sp³-hybridized carbons (Fsp3) is 0.182. The van der Waals surface area contributed by atoms with Crippen molar-refractivity contribution in [3.63, 3.8) is 0 Å². The van der Waals surface area contributed by atoms with Gasteiger partial charge >= 0.3 is 0 Å². The van der Waals surface area contributed by atoms with E-state index in [0.29, 0.717) is 10.6 Å². The van der Waals surface area contributed by atoms with Crippen LogP contribution in [0.2, 0.25) is 5.02 Å². The fourth-order valence-corrected chi connectivity index (χ4v) is 1.87. The summed E-state index contributed by atoms with van der Waals surface area (Å²) in [5.41, 5.74) is 8.77. The molecule has 0 fully saturated rings. The van der Waals surface area contributed by atoms with E-state index in [1.54, 1.807) is 12.1 Å². The fourth-order valence-electron chi connectivity index (χ4n) is 1.68. The second kappa shape index (κ2) is 3.71. The molecule has 5 heteroatoms. The van der Waals surface area contributed by atoms with Crippen molar-refractivity contribution in [3.05, 3.63) is 46.3 Å². The van der Waals surface area contributed by atoms with Crippen LogP contribution < -0.4 is 11.2 Å². The number of hydrogen-bond acceptors (Lipinski definition) is 4. The van der Waals surface area contributed by atoms with Gasteiger partial charge in [0.05, 0.1) is 0 Å². The first kappa shape index (κ1) is 10.8. The van der Waals surface area contributed by atoms with E-state index in [9.17, 15) is 0 Å². The summed E-state index contributed by atoms with van der Waals surface area (Å²) < 4.78 is 0. The largest absolute Gasteiger partial charge is 0.389 e. The lowest BCUT2D eigenvalue weighted by Crippen LogP contribution is -2.35. The van der Waals surface area contributed by atoms with Crippen molar-refractivity contribution in [1.29, 1.82) is 5.26 Å². The lowest BCUT2D eigenvalue weighted by Gasteiger charge is -2.22. The van der Waals surface area contributed by atoms with E-state index < -0.39 is 5.54 Å². The first-order valence-corrected chi connectivity index (χ1v) is 5.06. The minimum Gasteiger partial charge on any atom is -0.389 e. The molecule has 0 bridgehead atoms. The van der Waals surface area contributed by atoms with Gasteiger partial charge in [0.15, 0.2) is 0 Å². The second-order valence-corrected chi connectivity index (χ2v) is 4.13. The number of nitrogens with zero attached hydrogens (tertiary/aromatic N) is 1. The second-order valence-electron chi connectivity index (χ2n) is 3.69. The van der Waals surface area contributed by atoms with Gasteiger partial charge in [-0.25, -0.2) is 0 Å². The molecule has 0 radical (unpaired) electrons. The zero-order valence-electron chi connectivity index (χ0n) is 8.62. The molecular formula is C11H10ClN3O. The molecule has 0 saturated carbocycles. The molecule has 1 unspecified atom stereocenters. The lowest BCUT2D eigenvalue weighted by molar-refractivity contribution is 0.0822. The Hall–Kier alpha value is -1.70. The summed E-state index contributed by atoms with van der Waals surface area (Å²) in [4.78, 5) is 5.01. The Kier molecular flexibility index (Phi) is 2.50. The minimum atomic E-state index is -0.746. The number of halogens is 1. The zero-order valence-corrected chi connectivity index (χ0v) is 9.38. The number of hydroxylamine groups is 1. The van der Waals surface area contributed by atoms with E-state index >= 15 is 0 Å². The summed E-state index contributed by atoms with van der Waals surface area (Å²) in [5, 5.41) is 9.66. The van der Waals surface area contributed by atoms with Crippen LogP contribution >= 0.6 is 11.6 Å². The molecular weight excluding hydrogens is 226 g/mol. The van der Waals surface area contributed by atoms with Crippen molar-refractivity contribution in [1.82, 2.24) is 5.48 Å². The Morgan fingerprint density at radius 2 is 2.31 bits per heavy atom. The number of rotatable bonds is 1. The molecule has 1 aromatic carbocycles. The van der Waals surface area contributed by atoms with Crippen LogP contribution in [0.4, 0.5) is 0 Å². The van der Waals surface area contributed by atoms with E-state index in [0.717, 1.165) is 5.56 Å². The molecule has 1 aliphatic rings. The van der Waals surface area contributed by atoms with Gasteiger partial charge in [0.2, 0.25) is 5.88 Å². The van der Waals surface area contributed by atoms with Crippen molar-refractivity contribution in [2.24, 2.45) is 5.73 Å². The molecule has 0 aromatic heterocycles. The van der Waals surface area contributed by atoms with Crippen LogP contribution in [-0.4, -0.2) is 0 Å².